The van der Waals surface area contributed by atoms with Crippen LogP contribution in [0.25, 0.3) is 5.57 Å². The molecule has 4 rings (SSSR count). The number of hydrogen-bond donors (Lipinski definition) is 3. The van der Waals surface area contributed by atoms with Gasteiger partial charge < -0.3 is 10.3 Å². The molecule has 0 atom stereocenters. The number of nitrogens with zero attached hydrogens (tertiary/aromatic N) is 1. The average Bonchev–Trinajstić information content (AvgIpc) is 3.03. The van der Waals surface area contributed by atoms with E-state index in [1.807, 2.05) is 42.6 Å². The normalized spacial score (nSPS) is 16.4. The van der Waals surface area contributed by atoms with Gasteiger partial charge in [0.2, 0.25) is 0 Å². The number of H-pyrrole nitrogens is 1. The smallest absolute Gasteiger partial charge is 0.166 e. The molecule has 1 aromatic heterocycles. The Balaban J connectivity index is 1.90. The lowest BCUT2D eigenvalue weighted by molar-refractivity contribution is 0.0973. The van der Waals surface area contributed by atoms with Crippen LogP contribution in [0.5, 0.6) is 0 Å². The highest BCUT2D eigenvalue weighted by Gasteiger charge is 2.29. The summed E-state index contributed by atoms with van der Waals surface area (Å²) in [6, 6.07) is 9.74. The number of aryl methyl sites for hydroxylation is 1. The molecular weight excluding hydrogens is 300 g/mol. The number of aromatic nitrogens is 1. The van der Waals surface area contributed by atoms with E-state index in [0.717, 1.165) is 53.3 Å². The minimum absolute atomic E-state index is 0.165. The summed E-state index contributed by atoms with van der Waals surface area (Å²) in [6.07, 6.45) is 8.38. The second-order valence-electron chi connectivity index (χ2n) is 6.09. The Bertz CT molecular complexity index is 833. The molecule has 0 amide bonds. The van der Waals surface area contributed by atoms with Gasteiger partial charge in [0.15, 0.2) is 5.78 Å². The van der Waals surface area contributed by atoms with E-state index in [2.05, 4.69) is 16.4 Å². The Morgan fingerprint density at radius 2 is 1.96 bits per heavy atom. The number of nitrogens with two attached hydrogens (primary N) is 1. The van der Waals surface area contributed by atoms with Gasteiger partial charge in [0.25, 0.3) is 0 Å². The number of para-hydroxylation sites is 1. The van der Waals surface area contributed by atoms with Crippen LogP contribution >= 0.6 is 0 Å². The molecule has 0 saturated heterocycles. The molecule has 0 radical (unpaired) electrons. The third kappa shape index (κ3) is 2.43. The predicted molar refractivity (Wildman–Crippen MR) is 95.9 cm³/mol. The molecule has 1 aliphatic heterocycles. The number of hydrogen-bond acceptors (Lipinski definition) is 4. The molecule has 0 bridgehead atoms. The van der Waals surface area contributed by atoms with E-state index in [1.54, 1.807) is 5.01 Å². The molecule has 122 valence electrons. The fraction of sp³-hybridized carbons (Fsp3) is 0.211. The van der Waals surface area contributed by atoms with Crippen LogP contribution in [0.1, 0.15) is 34.6 Å². The Hall–Kier alpha value is -2.79. The number of anilines is 2. The van der Waals surface area contributed by atoms with Gasteiger partial charge in [0.1, 0.15) is 0 Å². The molecule has 0 spiro atoms. The molecule has 0 fully saturated rings. The van der Waals surface area contributed by atoms with Gasteiger partial charge in [-0.1, -0.05) is 24.3 Å². The third-order valence-corrected chi connectivity index (χ3v) is 4.55. The van der Waals surface area contributed by atoms with E-state index < -0.39 is 0 Å². The van der Waals surface area contributed by atoms with Crippen molar-refractivity contribution < 1.29 is 4.79 Å². The van der Waals surface area contributed by atoms with E-state index in [4.69, 9.17) is 5.84 Å². The van der Waals surface area contributed by atoms with Crippen molar-refractivity contribution in [3.8, 4) is 0 Å². The van der Waals surface area contributed by atoms with Crippen molar-refractivity contribution in [3.05, 3.63) is 65.6 Å². The molecule has 0 unspecified atom stereocenters. The number of carbonyl (C=O) groups excluding carboxylic acids is 1. The van der Waals surface area contributed by atoms with Crippen molar-refractivity contribution >= 4 is 22.7 Å². The maximum atomic E-state index is 12.6. The van der Waals surface area contributed by atoms with Gasteiger partial charge in [0, 0.05) is 18.7 Å². The van der Waals surface area contributed by atoms with E-state index in [9.17, 15) is 4.79 Å². The number of ketones is 1. The largest absolute Gasteiger partial charge is 0.387 e. The second-order valence-corrected chi connectivity index (χ2v) is 6.09. The van der Waals surface area contributed by atoms with Crippen LogP contribution < -0.4 is 16.2 Å². The standard InChI is InChI=1S/C19H20N4O/c20-23(14-5-2-1-3-6-14)19-17-15(7-4-8-16(17)24)22-18(19)13-9-11-21-12-10-13/h1-3,5-6,9-11,21-22H,4,7-8,12,20H2. The van der Waals surface area contributed by atoms with Crippen LogP contribution in [0.3, 0.4) is 0 Å². The van der Waals surface area contributed by atoms with Gasteiger partial charge in [-0.2, -0.15) is 0 Å². The molecule has 24 heavy (non-hydrogen) atoms. The summed E-state index contributed by atoms with van der Waals surface area (Å²) in [4.78, 5) is 16.0. The molecule has 1 aromatic carbocycles. The molecule has 2 aromatic rings. The summed E-state index contributed by atoms with van der Waals surface area (Å²) in [5.74, 6) is 6.61. The van der Waals surface area contributed by atoms with Gasteiger partial charge in [-0.25, -0.2) is 5.84 Å². The van der Waals surface area contributed by atoms with Crippen LogP contribution in [0.4, 0.5) is 11.4 Å². The zero-order valence-corrected chi connectivity index (χ0v) is 13.4. The molecule has 2 aliphatic rings. The predicted octanol–water partition coefficient (Wildman–Crippen LogP) is 3.05. The number of rotatable bonds is 3. The number of Topliss-reactive ketones (excluding diaryl/α,β-unsaturated/α-hetero) is 1. The Labute approximate surface area is 140 Å². The van der Waals surface area contributed by atoms with Crippen molar-refractivity contribution in [3.63, 3.8) is 0 Å². The fourth-order valence-electron chi connectivity index (χ4n) is 3.39. The quantitative estimate of drug-likeness (QED) is 0.600. The lowest BCUT2D eigenvalue weighted by Crippen LogP contribution is -2.28. The van der Waals surface area contributed by atoms with Gasteiger partial charge in [-0.05, 0) is 42.8 Å². The number of dihydropyridines is 1. The summed E-state index contributed by atoms with van der Waals surface area (Å²) in [7, 11) is 0. The van der Waals surface area contributed by atoms with Crippen LogP contribution in [0.15, 0.2) is 48.7 Å². The van der Waals surface area contributed by atoms with Crippen molar-refractivity contribution in [2.24, 2.45) is 5.84 Å². The zero-order valence-electron chi connectivity index (χ0n) is 13.4. The maximum absolute atomic E-state index is 12.6. The van der Waals surface area contributed by atoms with Gasteiger partial charge in [-0.15, -0.1) is 0 Å². The van der Waals surface area contributed by atoms with Crippen molar-refractivity contribution in [1.82, 2.24) is 10.3 Å². The van der Waals surface area contributed by atoms with Crippen LogP contribution in [-0.2, 0) is 6.42 Å². The first kappa shape index (κ1) is 14.8. The lowest BCUT2D eigenvalue weighted by atomic mass is 9.94. The molecular formula is C19H20N4O. The van der Waals surface area contributed by atoms with Crippen LogP contribution in [0, 0.1) is 0 Å². The highest BCUT2D eigenvalue weighted by atomic mass is 16.1. The average molecular weight is 320 g/mol. The Morgan fingerprint density at radius 1 is 1.12 bits per heavy atom. The van der Waals surface area contributed by atoms with Crippen molar-refractivity contribution in [1.29, 1.82) is 0 Å². The summed E-state index contributed by atoms with van der Waals surface area (Å²) < 4.78 is 0. The number of hydrazine groups is 1. The minimum Gasteiger partial charge on any atom is -0.387 e. The first-order valence-corrected chi connectivity index (χ1v) is 8.24. The van der Waals surface area contributed by atoms with Gasteiger partial charge in [-0.3, -0.25) is 9.80 Å². The Morgan fingerprint density at radius 3 is 2.71 bits per heavy atom. The fourth-order valence-corrected chi connectivity index (χ4v) is 3.39. The van der Waals surface area contributed by atoms with Crippen LogP contribution in [-0.4, -0.2) is 17.3 Å². The summed E-state index contributed by atoms with van der Waals surface area (Å²) in [6.45, 7) is 0.763. The number of carbonyl (C=O) groups is 1. The molecule has 5 heteroatoms. The lowest BCUT2D eigenvalue weighted by Gasteiger charge is -2.22. The molecule has 1 aliphatic carbocycles. The first-order chi connectivity index (χ1) is 11.8. The number of allylic oxidation sites excluding steroid dienone is 2. The van der Waals surface area contributed by atoms with E-state index in [1.165, 1.54) is 0 Å². The second kappa shape index (κ2) is 6.02. The number of fused-ring (bicyclic) bond motifs is 1. The summed E-state index contributed by atoms with van der Waals surface area (Å²) >= 11 is 0. The maximum Gasteiger partial charge on any atom is 0.166 e. The van der Waals surface area contributed by atoms with Crippen molar-refractivity contribution in [2.75, 3.05) is 11.6 Å². The Kier molecular flexibility index (Phi) is 3.70. The van der Waals surface area contributed by atoms with E-state index >= 15 is 0 Å². The van der Waals surface area contributed by atoms with Crippen molar-refractivity contribution in [2.45, 2.75) is 19.3 Å². The highest BCUT2D eigenvalue weighted by molar-refractivity contribution is 6.07. The molecule has 2 heterocycles. The summed E-state index contributed by atoms with van der Waals surface area (Å²) in [5, 5.41) is 4.78. The molecule has 5 nitrogen and oxygen atoms in total. The molecule has 0 saturated carbocycles. The van der Waals surface area contributed by atoms with E-state index in [0.29, 0.717) is 6.42 Å². The van der Waals surface area contributed by atoms with Crippen LogP contribution in [0.2, 0.25) is 0 Å². The number of aromatic amines is 1. The summed E-state index contributed by atoms with van der Waals surface area (Å²) in [5.41, 5.74) is 5.35. The van der Waals surface area contributed by atoms with Gasteiger partial charge in [0.05, 0.1) is 22.6 Å². The monoisotopic (exact) mass is 320 g/mol. The number of nitrogens with one attached hydrogen (secondary N) is 2. The SMILES string of the molecule is NN(c1ccccc1)c1c(C2=CCNC=C2)[nH]c2c1C(=O)CCC2. The van der Waals surface area contributed by atoms with E-state index in [-0.39, 0.29) is 5.78 Å². The zero-order chi connectivity index (χ0) is 16.5. The number of benzene rings is 1. The highest BCUT2D eigenvalue weighted by Crippen LogP contribution is 2.39. The third-order valence-electron chi connectivity index (χ3n) is 4.55. The van der Waals surface area contributed by atoms with Gasteiger partial charge >= 0.3 is 0 Å². The first-order valence-electron chi connectivity index (χ1n) is 8.24. The topological polar surface area (TPSA) is 74.2 Å². The molecule has 4 N–H and O–H groups in total. The minimum atomic E-state index is 0.165.